The molecule has 0 unspecified atom stereocenters. The molecular weight excluding hydrogens is 257 g/mol. The zero-order valence-corrected chi connectivity index (χ0v) is 10.6. The SMILES string of the molecule is CCOOCCC1=CCc2c1cccc2C(F)(F)F. The Morgan fingerprint density at radius 1 is 1.21 bits per heavy atom. The predicted molar refractivity (Wildman–Crippen MR) is 65.3 cm³/mol. The maximum absolute atomic E-state index is 12.9. The van der Waals surface area contributed by atoms with E-state index in [0.29, 0.717) is 37.2 Å². The fraction of sp³-hybridized carbons (Fsp3) is 0.429. The number of allylic oxidation sites excluding steroid dienone is 1. The fourth-order valence-electron chi connectivity index (χ4n) is 2.24. The molecule has 5 heteroatoms. The first-order valence-electron chi connectivity index (χ1n) is 6.17. The van der Waals surface area contributed by atoms with Crippen LogP contribution in [0.3, 0.4) is 0 Å². The molecule has 2 rings (SSSR count). The molecule has 0 bridgehead atoms. The molecule has 0 amide bonds. The maximum Gasteiger partial charge on any atom is 0.416 e. The van der Waals surface area contributed by atoms with E-state index in [4.69, 9.17) is 9.78 Å². The summed E-state index contributed by atoms with van der Waals surface area (Å²) in [5, 5.41) is 0. The summed E-state index contributed by atoms with van der Waals surface area (Å²) < 4.78 is 38.6. The van der Waals surface area contributed by atoms with Crippen molar-refractivity contribution >= 4 is 5.57 Å². The average molecular weight is 272 g/mol. The highest BCUT2D eigenvalue weighted by Gasteiger charge is 2.35. The van der Waals surface area contributed by atoms with Crippen LogP contribution in [0.5, 0.6) is 0 Å². The minimum absolute atomic E-state index is 0.328. The lowest BCUT2D eigenvalue weighted by molar-refractivity contribution is -0.289. The van der Waals surface area contributed by atoms with E-state index in [0.717, 1.165) is 11.6 Å². The van der Waals surface area contributed by atoms with Crippen LogP contribution in [-0.2, 0) is 22.4 Å². The van der Waals surface area contributed by atoms with Crippen LogP contribution < -0.4 is 0 Å². The first-order chi connectivity index (χ1) is 9.04. The van der Waals surface area contributed by atoms with Crippen molar-refractivity contribution in [2.24, 2.45) is 0 Å². The number of hydrogen-bond acceptors (Lipinski definition) is 2. The van der Waals surface area contributed by atoms with Crippen molar-refractivity contribution in [2.75, 3.05) is 13.2 Å². The third-order valence-electron chi connectivity index (χ3n) is 3.04. The molecule has 0 saturated heterocycles. The third-order valence-corrected chi connectivity index (χ3v) is 3.04. The van der Waals surface area contributed by atoms with Gasteiger partial charge in [-0.25, -0.2) is 9.78 Å². The van der Waals surface area contributed by atoms with Crippen LogP contribution in [0.25, 0.3) is 5.57 Å². The summed E-state index contributed by atoms with van der Waals surface area (Å²) in [7, 11) is 0. The van der Waals surface area contributed by atoms with Crippen LogP contribution in [0.1, 0.15) is 30.0 Å². The summed E-state index contributed by atoms with van der Waals surface area (Å²) in [5.74, 6) is 0. The summed E-state index contributed by atoms with van der Waals surface area (Å²) >= 11 is 0. The fourth-order valence-corrected chi connectivity index (χ4v) is 2.24. The van der Waals surface area contributed by atoms with Gasteiger partial charge in [-0.1, -0.05) is 18.2 Å². The van der Waals surface area contributed by atoms with Gasteiger partial charge in [0.2, 0.25) is 0 Å². The lowest BCUT2D eigenvalue weighted by Gasteiger charge is -2.13. The van der Waals surface area contributed by atoms with E-state index in [1.54, 1.807) is 13.0 Å². The van der Waals surface area contributed by atoms with Crippen molar-refractivity contribution in [1.82, 2.24) is 0 Å². The Morgan fingerprint density at radius 2 is 2.00 bits per heavy atom. The zero-order chi connectivity index (χ0) is 13.9. The van der Waals surface area contributed by atoms with Gasteiger partial charge >= 0.3 is 6.18 Å². The molecule has 0 spiro atoms. The standard InChI is InChI=1S/C14H15F3O2/c1-2-18-19-9-8-10-6-7-12-11(10)4-3-5-13(12)14(15,16)17/h3-6H,2,7-9H2,1H3. The van der Waals surface area contributed by atoms with E-state index < -0.39 is 11.7 Å². The van der Waals surface area contributed by atoms with Gasteiger partial charge in [0.05, 0.1) is 18.8 Å². The molecule has 0 radical (unpaired) electrons. The summed E-state index contributed by atoms with van der Waals surface area (Å²) in [6, 6.07) is 4.31. The van der Waals surface area contributed by atoms with E-state index >= 15 is 0 Å². The van der Waals surface area contributed by atoms with E-state index in [1.807, 2.05) is 6.08 Å². The van der Waals surface area contributed by atoms with Crippen LogP contribution >= 0.6 is 0 Å². The Kier molecular flexibility index (Phi) is 4.27. The minimum atomic E-state index is -4.30. The van der Waals surface area contributed by atoms with Crippen LogP contribution in [0.2, 0.25) is 0 Å². The number of halogens is 3. The topological polar surface area (TPSA) is 18.5 Å². The molecule has 1 aliphatic rings. The van der Waals surface area contributed by atoms with E-state index in [9.17, 15) is 13.2 Å². The van der Waals surface area contributed by atoms with Crippen LogP contribution in [-0.4, -0.2) is 13.2 Å². The molecule has 2 nitrogen and oxygen atoms in total. The summed E-state index contributed by atoms with van der Waals surface area (Å²) in [4.78, 5) is 9.65. The van der Waals surface area contributed by atoms with Gasteiger partial charge in [-0.2, -0.15) is 13.2 Å². The first kappa shape index (κ1) is 14.1. The molecule has 0 fully saturated rings. The lowest BCUT2D eigenvalue weighted by Crippen LogP contribution is -2.09. The highest BCUT2D eigenvalue weighted by Crippen LogP contribution is 2.39. The largest absolute Gasteiger partial charge is 0.416 e. The normalized spacial score (nSPS) is 14.4. The first-order valence-corrected chi connectivity index (χ1v) is 6.17. The predicted octanol–water partition coefficient (Wildman–Crippen LogP) is 4.00. The zero-order valence-electron chi connectivity index (χ0n) is 10.6. The van der Waals surface area contributed by atoms with Crippen molar-refractivity contribution in [2.45, 2.75) is 25.9 Å². The van der Waals surface area contributed by atoms with E-state index in [2.05, 4.69) is 0 Å². The minimum Gasteiger partial charge on any atom is -0.237 e. The second-order valence-corrected chi connectivity index (χ2v) is 4.24. The van der Waals surface area contributed by atoms with Crippen LogP contribution in [0.15, 0.2) is 24.3 Å². The van der Waals surface area contributed by atoms with Crippen molar-refractivity contribution in [3.8, 4) is 0 Å². The van der Waals surface area contributed by atoms with Crippen molar-refractivity contribution in [3.63, 3.8) is 0 Å². The smallest absolute Gasteiger partial charge is 0.237 e. The van der Waals surface area contributed by atoms with Crippen molar-refractivity contribution in [3.05, 3.63) is 41.0 Å². The van der Waals surface area contributed by atoms with Crippen molar-refractivity contribution in [1.29, 1.82) is 0 Å². The molecule has 104 valence electrons. The number of hydrogen-bond donors (Lipinski definition) is 0. The summed E-state index contributed by atoms with van der Waals surface area (Å²) in [6.45, 7) is 2.60. The third kappa shape index (κ3) is 3.16. The quantitative estimate of drug-likeness (QED) is 0.458. The highest BCUT2D eigenvalue weighted by atomic mass is 19.4. The second kappa shape index (κ2) is 5.75. The summed E-state index contributed by atoms with van der Waals surface area (Å²) in [5.41, 5.74) is 1.39. The Hall–Kier alpha value is -1.33. The Bertz CT molecular complexity index is 478. The Labute approximate surface area is 109 Å². The van der Waals surface area contributed by atoms with E-state index in [-0.39, 0.29) is 0 Å². The lowest BCUT2D eigenvalue weighted by atomic mass is 9.99. The molecule has 0 atom stereocenters. The number of alkyl halides is 3. The van der Waals surface area contributed by atoms with Gasteiger partial charge < -0.3 is 0 Å². The maximum atomic E-state index is 12.9. The Morgan fingerprint density at radius 3 is 2.68 bits per heavy atom. The molecule has 0 aromatic heterocycles. The van der Waals surface area contributed by atoms with Gasteiger partial charge in [-0.05, 0) is 42.5 Å². The molecule has 0 saturated carbocycles. The molecule has 19 heavy (non-hydrogen) atoms. The van der Waals surface area contributed by atoms with Gasteiger partial charge in [-0.3, -0.25) is 0 Å². The number of rotatable bonds is 5. The molecule has 0 aliphatic heterocycles. The second-order valence-electron chi connectivity index (χ2n) is 4.24. The molecule has 0 heterocycles. The molecule has 1 aromatic carbocycles. The summed E-state index contributed by atoms with van der Waals surface area (Å²) in [6.07, 6.45) is -1.59. The molecule has 1 aliphatic carbocycles. The van der Waals surface area contributed by atoms with Gasteiger partial charge in [-0.15, -0.1) is 0 Å². The monoisotopic (exact) mass is 272 g/mol. The van der Waals surface area contributed by atoms with Gasteiger partial charge in [0, 0.05) is 0 Å². The number of fused-ring (bicyclic) bond motifs is 1. The molecular formula is C14H15F3O2. The average Bonchev–Trinajstić information content (AvgIpc) is 2.76. The number of benzene rings is 1. The van der Waals surface area contributed by atoms with Gasteiger partial charge in [0.25, 0.3) is 0 Å². The van der Waals surface area contributed by atoms with Gasteiger partial charge in [0.15, 0.2) is 0 Å². The molecule has 1 aromatic rings. The van der Waals surface area contributed by atoms with Crippen LogP contribution in [0.4, 0.5) is 13.2 Å². The van der Waals surface area contributed by atoms with Crippen LogP contribution in [0, 0.1) is 0 Å². The van der Waals surface area contributed by atoms with E-state index in [1.165, 1.54) is 6.07 Å². The Balaban J connectivity index is 2.11. The van der Waals surface area contributed by atoms with Gasteiger partial charge in [0.1, 0.15) is 0 Å². The van der Waals surface area contributed by atoms with Crippen molar-refractivity contribution < 1.29 is 22.9 Å². The highest BCUT2D eigenvalue weighted by molar-refractivity contribution is 5.74. The molecule has 0 N–H and O–H groups in total.